The van der Waals surface area contributed by atoms with Crippen LogP contribution in [0.1, 0.15) is 40.5 Å². The summed E-state index contributed by atoms with van der Waals surface area (Å²) in [4.78, 5) is 0. The van der Waals surface area contributed by atoms with Crippen LogP contribution in [0.5, 0.6) is 0 Å². The van der Waals surface area contributed by atoms with Crippen molar-refractivity contribution in [1.29, 1.82) is 0 Å². The Morgan fingerprint density at radius 2 is 1.86 bits per heavy atom. The molecule has 2 nitrogen and oxygen atoms in total. The van der Waals surface area contributed by atoms with Crippen molar-refractivity contribution in [2.45, 2.75) is 46.1 Å². The summed E-state index contributed by atoms with van der Waals surface area (Å²) in [6.45, 7) is 10.0. The minimum Gasteiger partial charge on any atom is -0.379 e. The van der Waals surface area contributed by atoms with Gasteiger partial charge in [-0.1, -0.05) is 13.8 Å². The first-order valence-corrected chi connectivity index (χ1v) is 5.62. The van der Waals surface area contributed by atoms with Gasteiger partial charge in [0.1, 0.15) is 0 Å². The van der Waals surface area contributed by atoms with Crippen LogP contribution in [-0.4, -0.2) is 26.3 Å². The van der Waals surface area contributed by atoms with Gasteiger partial charge in [-0.15, -0.1) is 0 Å². The first-order valence-electron chi connectivity index (χ1n) is 5.62. The third kappa shape index (κ3) is 5.61. The summed E-state index contributed by atoms with van der Waals surface area (Å²) in [5, 5.41) is 3.26. The van der Waals surface area contributed by atoms with E-state index < -0.39 is 0 Å². The average molecular weight is 201 g/mol. The van der Waals surface area contributed by atoms with E-state index in [0.717, 1.165) is 24.8 Å². The molecular formula is C12H27NO. The van der Waals surface area contributed by atoms with Crippen molar-refractivity contribution < 1.29 is 4.74 Å². The van der Waals surface area contributed by atoms with Crippen molar-refractivity contribution in [2.24, 2.45) is 11.8 Å². The molecule has 0 bridgehead atoms. The summed E-state index contributed by atoms with van der Waals surface area (Å²) < 4.78 is 5.43. The number of hydrogen-bond acceptors (Lipinski definition) is 2. The number of hydrogen-bond donors (Lipinski definition) is 1. The van der Waals surface area contributed by atoms with Crippen molar-refractivity contribution in [2.75, 3.05) is 20.7 Å². The molecule has 0 saturated carbocycles. The smallest absolute Gasteiger partial charge is 0.0622 e. The molecule has 0 saturated heterocycles. The first-order chi connectivity index (χ1) is 6.43. The molecule has 1 N–H and O–H groups in total. The maximum Gasteiger partial charge on any atom is 0.0622 e. The van der Waals surface area contributed by atoms with Crippen LogP contribution in [0.15, 0.2) is 0 Å². The Morgan fingerprint density at radius 1 is 1.29 bits per heavy atom. The Hall–Kier alpha value is -0.0800. The zero-order valence-electron chi connectivity index (χ0n) is 10.7. The molecule has 1 atom stereocenters. The minimum absolute atomic E-state index is 0.0287. The fourth-order valence-electron chi connectivity index (χ4n) is 1.57. The van der Waals surface area contributed by atoms with E-state index in [4.69, 9.17) is 4.74 Å². The van der Waals surface area contributed by atoms with E-state index >= 15 is 0 Å². The summed E-state index contributed by atoms with van der Waals surface area (Å²) >= 11 is 0. The normalized spacial score (nSPS) is 14.8. The van der Waals surface area contributed by atoms with Crippen LogP contribution in [0.3, 0.4) is 0 Å². The lowest BCUT2D eigenvalue weighted by Gasteiger charge is -2.27. The lowest BCUT2D eigenvalue weighted by molar-refractivity contribution is 0.00887. The zero-order valence-corrected chi connectivity index (χ0v) is 10.7. The van der Waals surface area contributed by atoms with Gasteiger partial charge in [-0.05, 0) is 52.1 Å². The van der Waals surface area contributed by atoms with Gasteiger partial charge >= 0.3 is 0 Å². The van der Waals surface area contributed by atoms with E-state index in [0.29, 0.717) is 0 Å². The zero-order chi connectivity index (χ0) is 11.2. The van der Waals surface area contributed by atoms with Crippen molar-refractivity contribution in [1.82, 2.24) is 5.32 Å². The molecule has 0 fully saturated rings. The van der Waals surface area contributed by atoms with Crippen LogP contribution >= 0.6 is 0 Å². The van der Waals surface area contributed by atoms with E-state index in [2.05, 4.69) is 33.0 Å². The second kappa shape index (κ2) is 6.41. The predicted octanol–water partition coefficient (Wildman–Crippen LogP) is 2.68. The highest BCUT2D eigenvalue weighted by Crippen LogP contribution is 2.23. The second-order valence-corrected chi connectivity index (χ2v) is 5.06. The van der Waals surface area contributed by atoms with E-state index in [9.17, 15) is 0 Å². The van der Waals surface area contributed by atoms with Crippen LogP contribution in [-0.2, 0) is 4.74 Å². The van der Waals surface area contributed by atoms with Crippen LogP contribution in [0.2, 0.25) is 0 Å². The number of methoxy groups -OCH3 is 1. The summed E-state index contributed by atoms with van der Waals surface area (Å²) in [6, 6.07) is 0. The molecule has 0 aromatic rings. The van der Waals surface area contributed by atoms with Gasteiger partial charge in [-0.25, -0.2) is 0 Å². The van der Waals surface area contributed by atoms with E-state index in [-0.39, 0.29) is 5.60 Å². The number of nitrogens with one attached hydrogen (secondary N) is 1. The fraction of sp³-hybridized carbons (Fsp3) is 1.00. The lowest BCUT2D eigenvalue weighted by Crippen LogP contribution is -2.28. The molecule has 2 heteroatoms. The molecule has 86 valence electrons. The fourth-order valence-corrected chi connectivity index (χ4v) is 1.57. The molecule has 1 unspecified atom stereocenters. The van der Waals surface area contributed by atoms with E-state index in [1.807, 2.05) is 7.05 Å². The molecule has 0 heterocycles. The van der Waals surface area contributed by atoms with E-state index in [1.165, 1.54) is 6.42 Å². The van der Waals surface area contributed by atoms with Gasteiger partial charge in [0.25, 0.3) is 0 Å². The largest absolute Gasteiger partial charge is 0.379 e. The molecule has 0 aromatic heterocycles. The van der Waals surface area contributed by atoms with Gasteiger partial charge in [0.05, 0.1) is 5.60 Å². The van der Waals surface area contributed by atoms with Crippen molar-refractivity contribution >= 4 is 0 Å². The highest BCUT2D eigenvalue weighted by atomic mass is 16.5. The highest BCUT2D eigenvalue weighted by Gasteiger charge is 2.20. The van der Waals surface area contributed by atoms with Crippen molar-refractivity contribution in [3.05, 3.63) is 0 Å². The van der Waals surface area contributed by atoms with Gasteiger partial charge in [0, 0.05) is 7.11 Å². The Bertz CT molecular complexity index is 143. The Labute approximate surface area is 89.4 Å². The molecule has 0 aliphatic heterocycles. The maximum atomic E-state index is 5.43. The van der Waals surface area contributed by atoms with Crippen LogP contribution in [0.25, 0.3) is 0 Å². The van der Waals surface area contributed by atoms with Gasteiger partial charge in [0.2, 0.25) is 0 Å². The molecule has 0 rings (SSSR count). The van der Waals surface area contributed by atoms with Crippen LogP contribution in [0, 0.1) is 11.8 Å². The van der Waals surface area contributed by atoms with Crippen LogP contribution < -0.4 is 5.32 Å². The number of rotatable bonds is 7. The summed E-state index contributed by atoms with van der Waals surface area (Å²) in [5.41, 5.74) is 0.0287. The SMILES string of the molecule is CNCC(CCC(C)(C)OC)C(C)C. The molecule has 0 amide bonds. The summed E-state index contributed by atoms with van der Waals surface area (Å²) in [6.07, 6.45) is 2.37. The minimum atomic E-state index is 0.0287. The number of ether oxygens (including phenoxy) is 1. The van der Waals surface area contributed by atoms with Gasteiger partial charge in [0.15, 0.2) is 0 Å². The van der Waals surface area contributed by atoms with Crippen molar-refractivity contribution in [3.8, 4) is 0 Å². The Balaban J connectivity index is 3.93. The molecule has 0 aliphatic carbocycles. The summed E-state index contributed by atoms with van der Waals surface area (Å²) in [5.74, 6) is 1.50. The van der Waals surface area contributed by atoms with E-state index in [1.54, 1.807) is 7.11 Å². The Morgan fingerprint density at radius 3 is 2.21 bits per heavy atom. The molecule has 0 aromatic carbocycles. The quantitative estimate of drug-likeness (QED) is 0.684. The topological polar surface area (TPSA) is 21.3 Å². The van der Waals surface area contributed by atoms with Gasteiger partial charge < -0.3 is 10.1 Å². The third-order valence-electron chi connectivity index (χ3n) is 3.08. The standard InChI is InChI=1S/C12H27NO/c1-10(2)11(9-13-5)7-8-12(3,4)14-6/h10-11,13H,7-9H2,1-6H3. The maximum absolute atomic E-state index is 5.43. The van der Waals surface area contributed by atoms with Gasteiger partial charge in [-0.3, -0.25) is 0 Å². The third-order valence-corrected chi connectivity index (χ3v) is 3.08. The second-order valence-electron chi connectivity index (χ2n) is 5.06. The predicted molar refractivity (Wildman–Crippen MR) is 62.6 cm³/mol. The molecule has 14 heavy (non-hydrogen) atoms. The Kier molecular flexibility index (Phi) is 6.38. The lowest BCUT2D eigenvalue weighted by atomic mass is 9.87. The molecular weight excluding hydrogens is 174 g/mol. The summed E-state index contributed by atoms with van der Waals surface area (Å²) in [7, 11) is 3.82. The average Bonchev–Trinajstić information content (AvgIpc) is 2.12. The monoisotopic (exact) mass is 201 g/mol. The van der Waals surface area contributed by atoms with Gasteiger partial charge in [-0.2, -0.15) is 0 Å². The van der Waals surface area contributed by atoms with Crippen molar-refractivity contribution in [3.63, 3.8) is 0 Å². The molecule has 0 radical (unpaired) electrons. The highest BCUT2D eigenvalue weighted by molar-refractivity contribution is 4.73. The van der Waals surface area contributed by atoms with Crippen LogP contribution in [0.4, 0.5) is 0 Å². The molecule has 0 spiro atoms. The molecule has 0 aliphatic rings. The first kappa shape index (κ1) is 13.9.